The number of aryl methyl sites for hydroxylation is 1. The van der Waals surface area contributed by atoms with Crippen LogP contribution in [0.5, 0.6) is 11.5 Å². The molecule has 1 unspecified atom stereocenters. The predicted molar refractivity (Wildman–Crippen MR) is 107 cm³/mol. The summed E-state index contributed by atoms with van der Waals surface area (Å²) in [5, 5.41) is 0.738. The molecule has 9 heteroatoms. The molecule has 0 fully saturated rings. The zero-order chi connectivity index (χ0) is 20.0. The van der Waals surface area contributed by atoms with Gasteiger partial charge in [-0.2, -0.15) is 0 Å². The van der Waals surface area contributed by atoms with E-state index in [-0.39, 0.29) is 11.6 Å². The maximum absolute atomic E-state index is 12.0. The van der Waals surface area contributed by atoms with Gasteiger partial charge in [0.1, 0.15) is 11.5 Å². The molecule has 2 aromatic rings. The Morgan fingerprint density at radius 2 is 1.89 bits per heavy atom. The molecule has 2 N–H and O–H groups in total. The predicted octanol–water partition coefficient (Wildman–Crippen LogP) is 4.06. The van der Waals surface area contributed by atoms with E-state index in [0.717, 1.165) is 10.0 Å². The largest absolute Gasteiger partial charge is 0.484 e. The van der Waals surface area contributed by atoms with Crippen LogP contribution in [0.2, 0.25) is 10.0 Å². The molecule has 0 radical (unpaired) electrons. The molecule has 0 heterocycles. The van der Waals surface area contributed by atoms with Gasteiger partial charge in [-0.1, -0.05) is 39.1 Å². The van der Waals surface area contributed by atoms with Crippen molar-refractivity contribution in [2.45, 2.75) is 20.0 Å². The number of benzene rings is 2. The van der Waals surface area contributed by atoms with E-state index in [1.54, 1.807) is 24.3 Å². The number of amides is 2. The number of halogens is 3. The third-order valence-electron chi connectivity index (χ3n) is 3.39. The van der Waals surface area contributed by atoms with Crippen molar-refractivity contribution in [1.29, 1.82) is 0 Å². The van der Waals surface area contributed by atoms with E-state index in [1.807, 2.05) is 13.0 Å². The van der Waals surface area contributed by atoms with Gasteiger partial charge in [0, 0.05) is 9.50 Å². The van der Waals surface area contributed by atoms with Gasteiger partial charge in [0.05, 0.1) is 5.02 Å². The number of hydrogen-bond donors (Lipinski definition) is 2. The van der Waals surface area contributed by atoms with Crippen molar-refractivity contribution < 1.29 is 19.1 Å². The zero-order valence-corrected chi connectivity index (χ0v) is 17.6. The fourth-order valence-corrected chi connectivity index (χ4v) is 2.64. The minimum absolute atomic E-state index is 0.250. The fraction of sp³-hybridized carbons (Fsp3) is 0.222. The van der Waals surface area contributed by atoms with Crippen LogP contribution in [0.4, 0.5) is 0 Å². The lowest BCUT2D eigenvalue weighted by Crippen LogP contribution is -2.48. The Hall–Kier alpha value is -1.96. The Labute approximate surface area is 175 Å². The molecule has 0 aromatic heterocycles. The second-order valence-electron chi connectivity index (χ2n) is 5.57. The first-order valence-corrected chi connectivity index (χ1v) is 9.40. The highest BCUT2D eigenvalue weighted by molar-refractivity contribution is 9.10. The standard InChI is InChI=1S/C18H17BrCl2N2O4/c1-10-7-13(4-5-14(10)19)26-9-17(24)22-23-18(25)11(2)27-16-6-3-12(20)8-15(16)21/h3-8,11H,9H2,1-2H3,(H,22,24)(H,23,25). The number of ether oxygens (including phenoxy) is 2. The highest BCUT2D eigenvalue weighted by atomic mass is 79.9. The van der Waals surface area contributed by atoms with Crippen molar-refractivity contribution in [1.82, 2.24) is 10.9 Å². The van der Waals surface area contributed by atoms with Gasteiger partial charge in [-0.3, -0.25) is 20.4 Å². The summed E-state index contributed by atoms with van der Waals surface area (Å²) in [5.74, 6) is -0.204. The molecule has 0 saturated carbocycles. The van der Waals surface area contributed by atoms with Crippen molar-refractivity contribution in [3.63, 3.8) is 0 Å². The van der Waals surface area contributed by atoms with Crippen molar-refractivity contribution in [2.75, 3.05) is 6.61 Å². The lowest BCUT2D eigenvalue weighted by molar-refractivity contribution is -0.133. The molecule has 1 atom stereocenters. The minimum atomic E-state index is -0.890. The molecule has 0 bridgehead atoms. The van der Waals surface area contributed by atoms with Crippen molar-refractivity contribution in [3.8, 4) is 11.5 Å². The van der Waals surface area contributed by atoms with Gasteiger partial charge in [0.2, 0.25) is 0 Å². The summed E-state index contributed by atoms with van der Waals surface area (Å²) < 4.78 is 11.8. The first-order chi connectivity index (χ1) is 12.8. The van der Waals surface area contributed by atoms with Crippen LogP contribution in [0, 0.1) is 6.92 Å². The maximum Gasteiger partial charge on any atom is 0.279 e. The number of hydrazine groups is 1. The van der Waals surface area contributed by atoms with Crippen LogP contribution in [0.3, 0.4) is 0 Å². The second kappa shape index (κ2) is 9.82. The molecular formula is C18H17BrCl2N2O4. The molecule has 0 aliphatic carbocycles. The quantitative estimate of drug-likeness (QED) is 0.617. The smallest absolute Gasteiger partial charge is 0.279 e. The lowest BCUT2D eigenvalue weighted by Gasteiger charge is -2.16. The third kappa shape index (κ3) is 6.61. The van der Waals surface area contributed by atoms with Crippen LogP contribution in [-0.4, -0.2) is 24.5 Å². The molecule has 2 amide bonds. The lowest BCUT2D eigenvalue weighted by atomic mass is 10.2. The second-order valence-corrected chi connectivity index (χ2v) is 7.27. The zero-order valence-electron chi connectivity index (χ0n) is 14.5. The van der Waals surface area contributed by atoms with Crippen molar-refractivity contribution >= 4 is 50.9 Å². The number of carbonyl (C=O) groups excluding carboxylic acids is 2. The van der Waals surface area contributed by atoms with Gasteiger partial charge < -0.3 is 9.47 Å². The first-order valence-electron chi connectivity index (χ1n) is 7.85. The maximum atomic E-state index is 12.0. The van der Waals surface area contributed by atoms with E-state index in [1.165, 1.54) is 13.0 Å². The molecule has 2 aromatic carbocycles. The molecular weight excluding hydrogens is 459 g/mol. The normalized spacial score (nSPS) is 11.4. The molecule has 0 saturated heterocycles. The van der Waals surface area contributed by atoms with E-state index >= 15 is 0 Å². The van der Waals surface area contributed by atoms with Crippen LogP contribution in [0.1, 0.15) is 12.5 Å². The van der Waals surface area contributed by atoms with Gasteiger partial charge in [-0.15, -0.1) is 0 Å². The van der Waals surface area contributed by atoms with Crippen LogP contribution in [-0.2, 0) is 9.59 Å². The summed E-state index contributed by atoms with van der Waals surface area (Å²) in [5.41, 5.74) is 5.51. The van der Waals surface area contributed by atoms with Crippen LogP contribution in [0.15, 0.2) is 40.9 Å². The highest BCUT2D eigenvalue weighted by Gasteiger charge is 2.17. The molecule has 6 nitrogen and oxygen atoms in total. The minimum Gasteiger partial charge on any atom is -0.484 e. The summed E-state index contributed by atoms with van der Waals surface area (Å²) in [6.07, 6.45) is -0.890. The average Bonchev–Trinajstić information content (AvgIpc) is 2.62. The highest BCUT2D eigenvalue weighted by Crippen LogP contribution is 2.28. The summed E-state index contributed by atoms with van der Waals surface area (Å²) in [6, 6.07) is 10.0. The topological polar surface area (TPSA) is 76.7 Å². The summed E-state index contributed by atoms with van der Waals surface area (Å²) in [7, 11) is 0. The Kier molecular flexibility index (Phi) is 7.77. The number of carbonyl (C=O) groups is 2. The Balaban J connectivity index is 1.78. The van der Waals surface area contributed by atoms with Gasteiger partial charge in [0.25, 0.3) is 11.8 Å². The van der Waals surface area contributed by atoms with Gasteiger partial charge in [-0.05, 0) is 55.8 Å². The Morgan fingerprint density at radius 1 is 1.15 bits per heavy atom. The summed E-state index contributed by atoms with van der Waals surface area (Å²) in [4.78, 5) is 23.8. The number of nitrogens with one attached hydrogen (secondary N) is 2. The van der Waals surface area contributed by atoms with E-state index in [2.05, 4.69) is 26.8 Å². The number of rotatable bonds is 6. The van der Waals surface area contributed by atoms with Gasteiger partial charge in [-0.25, -0.2) is 0 Å². The van der Waals surface area contributed by atoms with Crippen molar-refractivity contribution in [2.24, 2.45) is 0 Å². The summed E-state index contributed by atoms with van der Waals surface area (Å²) in [6.45, 7) is 3.18. The fourth-order valence-electron chi connectivity index (χ4n) is 1.94. The van der Waals surface area contributed by atoms with Crippen LogP contribution >= 0.6 is 39.1 Å². The van der Waals surface area contributed by atoms with Crippen LogP contribution < -0.4 is 20.3 Å². The van der Waals surface area contributed by atoms with E-state index in [0.29, 0.717) is 16.5 Å². The van der Waals surface area contributed by atoms with Gasteiger partial charge >= 0.3 is 0 Å². The molecule has 2 rings (SSSR count). The SMILES string of the molecule is Cc1cc(OCC(=O)NNC(=O)C(C)Oc2ccc(Cl)cc2Cl)ccc1Br. The molecule has 0 aliphatic rings. The molecule has 144 valence electrons. The monoisotopic (exact) mass is 474 g/mol. The average molecular weight is 476 g/mol. The number of hydrogen-bond acceptors (Lipinski definition) is 4. The van der Waals surface area contributed by atoms with E-state index < -0.39 is 17.9 Å². The van der Waals surface area contributed by atoms with Crippen LogP contribution in [0.25, 0.3) is 0 Å². The van der Waals surface area contributed by atoms with E-state index in [4.69, 9.17) is 32.7 Å². The first kappa shape index (κ1) is 21.3. The molecule has 0 spiro atoms. The summed E-state index contributed by atoms with van der Waals surface area (Å²) >= 11 is 15.2. The third-order valence-corrected chi connectivity index (χ3v) is 4.81. The van der Waals surface area contributed by atoms with E-state index in [9.17, 15) is 9.59 Å². The molecule has 0 aliphatic heterocycles. The Bertz CT molecular complexity index is 848. The molecule has 27 heavy (non-hydrogen) atoms. The Morgan fingerprint density at radius 3 is 2.56 bits per heavy atom. The van der Waals surface area contributed by atoms with Crippen molar-refractivity contribution in [3.05, 3.63) is 56.5 Å². The van der Waals surface area contributed by atoms with Gasteiger partial charge in [0.15, 0.2) is 12.7 Å².